The van der Waals surface area contributed by atoms with Crippen molar-refractivity contribution in [3.05, 3.63) is 5.89 Å². The number of amides is 1. The Morgan fingerprint density at radius 1 is 1.36 bits per heavy atom. The van der Waals surface area contributed by atoms with Crippen molar-refractivity contribution in [3.63, 3.8) is 0 Å². The van der Waals surface area contributed by atoms with Gasteiger partial charge in [-0.25, -0.2) is 0 Å². The molecule has 0 saturated carbocycles. The number of nitrogens with zero attached hydrogens (tertiary/aromatic N) is 3. The minimum atomic E-state index is -0.613. The Bertz CT molecular complexity index is 546. The number of hydrogen-bond acceptors (Lipinski definition) is 7. The second-order valence-electron chi connectivity index (χ2n) is 7.02. The fourth-order valence-corrected chi connectivity index (χ4v) is 2.96. The van der Waals surface area contributed by atoms with Crippen molar-refractivity contribution in [1.29, 1.82) is 0 Å². The van der Waals surface area contributed by atoms with Crippen LogP contribution >= 0.6 is 24.2 Å². The molecule has 1 aromatic rings. The van der Waals surface area contributed by atoms with Crippen LogP contribution in [-0.4, -0.2) is 58.2 Å². The molecule has 0 saturated heterocycles. The summed E-state index contributed by atoms with van der Waals surface area (Å²) in [4.78, 5) is 26.0. The molecule has 1 amide bonds. The van der Waals surface area contributed by atoms with Crippen LogP contribution in [0.5, 0.6) is 0 Å². The lowest BCUT2D eigenvalue weighted by Gasteiger charge is -2.38. The largest absolute Gasteiger partial charge is 0.408 e. The first-order valence-electron chi connectivity index (χ1n) is 8.09. The van der Waals surface area contributed by atoms with Crippen LogP contribution in [0.25, 0.3) is 0 Å². The van der Waals surface area contributed by atoms with Gasteiger partial charge in [0.15, 0.2) is 0 Å². The molecule has 0 aliphatic heterocycles. The van der Waals surface area contributed by atoms with Gasteiger partial charge in [-0.3, -0.25) is 9.59 Å². The van der Waals surface area contributed by atoms with E-state index in [0.29, 0.717) is 11.6 Å². The summed E-state index contributed by atoms with van der Waals surface area (Å²) in [6, 6.07) is -0.613. The number of carbonyl (C=O) groups is 2. The minimum absolute atomic E-state index is 0. The van der Waals surface area contributed by atoms with E-state index < -0.39 is 11.6 Å². The van der Waals surface area contributed by atoms with E-state index in [-0.39, 0.29) is 30.0 Å². The van der Waals surface area contributed by atoms with Crippen molar-refractivity contribution in [1.82, 2.24) is 20.4 Å². The van der Waals surface area contributed by atoms with Crippen molar-refractivity contribution in [2.45, 2.75) is 57.8 Å². The molecule has 0 unspecified atom stereocenters. The average molecular weight is 393 g/mol. The Hall–Kier alpha value is -1.12. The fraction of sp³-hybridized carbons (Fsp3) is 0.750. The van der Waals surface area contributed by atoms with Gasteiger partial charge in [0.05, 0.1) is 0 Å². The van der Waals surface area contributed by atoms with Crippen molar-refractivity contribution in [2.24, 2.45) is 5.92 Å². The zero-order valence-corrected chi connectivity index (χ0v) is 17.4. The van der Waals surface area contributed by atoms with Gasteiger partial charge in [0.1, 0.15) is 6.04 Å². The number of thioether (sulfide) groups is 1. The maximum atomic E-state index is 12.9. The topological polar surface area (TPSA) is 88.3 Å². The third-order valence-electron chi connectivity index (χ3n) is 3.42. The van der Waals surface area contributed by atoms with Crippen molar-refractivity contribution in [3.8, 4) is 0 Å². The molecular formula is C16H29ClN4O3S. The van der Waals surface area contributed by atoms with Gasteiger partial charge >= 0.3 is 0 Å². The van der Waals surface area contributed by atoms with Crippen LogP contribution in [0.1, 0.15) is 51.7 Å². The van der Waals surface area contributed by atoms with Crippen LogP contribution < -0.4 is 5.32 Å². The van der Waals surface area contributed by atoms with Crippen LogP contribution in [0.2, 0.25) is 0 Å². The number of hydrogen-bond donors (Lipinski definition) is 1. The van der Waals surface area contributed by atoms with E-state index in [1.54, 1.807) is 0 Å². The average Bonchev–Trinajstić information content (AvgIpc) is 2.93. The molecule has 1 atom stereocenters. The van der Waals surface area contributed by atoms with Crippen LogP contribution in [0, 0.1) is 5.92 Å². The van der Waals surface area contributed by atoms with Crippen LogP contribution in [0.15, 0.2) is 9.64 Å². The van der Waals surface area contributed by atoms with E-state index in [1.807, 2.05) is 41.7 Å². The van der Waals surface area contributed by atoms with Crippen molar-refractivity contribution < 1.29 is 14.0 Å². The van der Waals surface area contributed by atoms with E-state index in [2.05, 4.69) is 15.5 Å². The summed E-state index contributed by atoms with van der Waals surface area (Å²) in [6.07, 6.45) is 1.27. The molecule has 1 N–H and O–H groups in total. The summed E-state index contributed by atoms with van der Waals surface area (Å²) < 4.78 is 5.48. The van der Waals surface area contributed by atoms with E-state index in [1.165, 1.54) is 16.7 Å². The van der Waals surface area contributed by atoms with Gasteiger partial charge < -0.3 is 14.6 Å². The Kier molecular flexibility index (Phi) is 10.3. The van der Waals surface area contributed by atoms with Crippen LogP contribution in [0.3, 0.4) is 0 Å². The fourth-order valence-electron chi connectivity index (χ4n) is 2.24. The number of rotatable bonds is 10. The standard InChI is InChI=1S/C16H28N4O3S.ClH/c1-11(2)9-12(20(10-21)16(3,4)5)13(22)14-18-19-15(23-14)24-8-7-17-6;/h10-12,17H,7-9H2,1-6H3;1H/t12-;/m0./s1. The van der Waals surface area contributed by atoms with Gasteiger partial charge in [0, 0.05) is 17.8 Å². The lowest BCUT2D eigenvalue weighted by molar-refractivity contribution is -0.124. The molecule has 9 heteroatoms. The molecule has 0 spiro atoms. The van der Waals surface area contributed by atoms with Crippen LogP contribution in [-0.2, 0) is 4.79 Å². The first-order chi connectivity index (χ1) is 11.2. The molecule has 1 rings (SSSR count). The molecular weight excluding hydrogens is 364 g/mol. The molecule has 1 heterocycles. The maximum absolute atomic E-state index is 12.9. The number of halogens is 1. The molecule has 0 aliphatic rings. The Morgan fingerprint density at radius 3 is 2.48 bits per heavy atom. The minimum Gasteiger partial charge on any atom is -0.408 e. The Labute approximate surface area is 160 Å². The molecule has 0 fully saturated rings. The summed E-state index contributed by atoms with van der Waals surface area (Å²) in [5.74, 6) is 0.669. The Balaban J connectivity index is 0.00000576. The summed E-state index contributed by atoms with van der Waals surface area (Å²) >= 11 is 1.39. The third kappa shape index (κ3) is 7.33. The highest BCUT2D eigenvalue weighted by Crippen LogP contribution is 2.24. The van der Waals surface area contributed by atoms with E-state index >= 15 is 0 Å². The zero-order valence-electron chi connectivity index (χ0n) is 15.7. The predicted octanol–water partition coefficient (Wildman–Crippen LogP) is 2.66. The lowest BCUT2D eigenvalue weighted by Crippen LogP contribution is -2.51. The first kappa shape index (κ1) is 23.9. The molecule has 144 valence electrons. The summed E-state index contributed by atoms with van der Waals surface area (Å²) in [5.41, 5.74) is -0.471. The monoisotopic (exact) mass is 392 g/mol. The quantitative estimate of drug-likeness (QED) is 0.283. The first-order valence-corrected chi connectivity index (χ1v) is 9.08. The highest BCUT2D eigenvalue weighted by Gasteiger charge is 2.36. The second-order valence-corrected chi connectivity index (χ2v) is 8.06. The molecule has 7 nitrogen and oxygen atoms in total. The maximum Gasteiger partial charge on any atom is 0.286 e. The molecule has 0 bridgehead atoms. The van der Waals surface area contributed by atoms with Crippen molar-refractivity contribution >= 4 is 36.4 Å². The number of Topliss-reactive ketones (excluding diaryl/α,β-unsaturated/α-hetero) is 1. The highest BCUT2D eigenvalue weighted by molar-refractivity contribution is 7.99. The normalized spacial score (nSPS) is 12.6. The second kappa shape index (κ2) is 10.8. The summed E-state index contributed by atoms with van der Waals surface area (Å²) in [5, 5.41) is 11.2. The van der Waals surface area contributed by atoms with Gasteiger partial charge in [0.2, 0.25) is 12.2 Å². The van der Waals surface area contributed by atoms with Crippen LogP contribution in [0.4, 0.5) is 0 Å². The van der Waals surface area contributed by atoms with Gasteiger partial charge in [-0.1, -0.05) is 25.6 Å². The molecule has 0 aliphatic carbocycles. The molecule has 1 aromatic heterocycles. The van der Waals surface area contributed by atoms with Gasteiger partial charge in [-0.05, 0) is 40.2 Å². The summed E-state index contributed by atoms with van der Waals surface area (Å²) in [6.45, 7) is 10.5. The van der Waals surface area contributed by atoms with Crippen molar-refractivity contribution in [2.75, 3.05) is 19.3 Å². The Morgan fingerprint density at radius 2 is 2.00 bits per heavy atom. The van der Waals surface area contributed by atoms with E-state index in [0.717, 1.165) is 18.7 Å². The van der Waals surface area contributed by atoms with Gasteiger partial charge in [0.25, 0.3) is 11.1 Å². The highest BCUT2D eigenvalue weighted by atomic mass is 35.5. The predicted molar refractivity (Wildman–Crippen MR) is 101 cm³/mol. The molecule has 0 aromatic carbocycles. The smallest absolute Gasteiger partial charge is 0.286 e. The van der Waals surface area contributed by atoms with E-state index in [9.17, 15) is 9.59 Å². The number of ketones is 1. The van der Waals surface area contributed by atoms with Gasteiger partial charge in [-0.2, -0.15) is 0 Å². The number of nitrogens with one attached hydrogen (secondary N) is 1. The zero-order chi connectivity index (χ0) is 18.3. The number of aromatic nitrogens is 2. The summed E-state index contributed by atoms with van der Waals surface area (Å²) in [7, 11) is 1.86. The SMILES string of the molecule is CNCCSc1nnc(C(=O)[C@H](CC(C)C)N(C=O)C(C)(C)C)o1.Cl. The molecule has 25 heavy (non-hydrogen) atoms. The van der Waals surface area contributed by atoms with E-state index in [4.69, 9.17) is 4.42 Å². The third-order valence-corrected chi connectivity index (χ3v) is 4.24. The van der Waals surface area contributed by atoms with Gasteiger partial charge in [-0.15, -0.1) is 22.6 Å². The number of carbonyl (C=O) groups excluding carboxylic acids is 2. The molecule has 0 radical (unpaired) electrons. The lowest BCUT2D eigenvalue weighted by atomic mass is 9.94.